The highest BCUT2D eigenvalue weighted by atomic mass is 16.1. The molecule has 0 aliphatic rings. The van der Waals surface area contributed by atoms with Crippen LogP contribution in [0.3, 0.4) is 0 Å². The number of hydrogen-bond acceptors (Lipinski definition) is 2. The van der Waals surface area contributed by atoms with Crippen LogP contribution in [0, 0.1) is 5.92 Å². The molecule has 0 aromatic heterocycles. The van der Waals surface area contributed by atoms with E-state index in [0.717, 1.165) is 6.42 Å². The van der Waals surface area contributed by atoms with Gasteiger partial charge >= 0.3 is 0 Å². The fourth-order valence-corrected chi connectivity index (χ4v) is 0.823. The molecule has 1 N–H and O–H groups in total. The van der Waals surface area contributed by atoms with E-state index in [9.17, 15) is 4.79 Å². The van der Waals surface area contributed by atoms with Crippen LogP contribution in [0.15, 0.2) is 5.11 Å². The van der Waals surface area contributed by atoms with Crippen molar-refractivity contribution in [2.24, 2.45) is 11.0 Å². The normalized spacial score (nSPS) is 11.5. The quantitative estimate of drug-likeness (QED) is 0.291. The summed E-state index contributed by atoms with van der Waals surface area (Å²) in [7, 11) is 0. The Morgan fingerprint density at radius 1 is 1.69 bits per heavy atom. The highest BCUT2D eigenvalue weighted by Gasteiger charge is 2.05. The van der Waals surface area contributed by atoms with Crippen molar-refractivity contribution >= 4 is 5.91 Å². The number of carbonyl (C=O) groups is 1. The number of carbonyl (C=O) groups excluding carboxylic acids is 1. The SMILES string of the molecule is CCC(C)CC(=O)NCCN=[N+]=[N-]. The van der Waals surface area contributed by atoms with Crippen molar-refractivity contribution in [1.29, 1.82) is 0 Å². The van der Waals surface area contributed by atoms with Gasteiger partial charge in [0, 0.05) is 24.4 Å². The molecule has 0 saturated heterocycles. The minimum Gasteiger partial charge on any atom is -0.356 e. The van der Waals surface area contributed by atoms with Crippen molar-refractivity contribution in [3.8, 4) is 0 Å². The summed E-state index contributed by atoms with van der Waals surface area (Å²) in [4.78, 5) is 13.7. The molecule has 0 bridgehead atoms. The second-order valence-electron chi connectivity index (χ2n) is 3.02. The molecule has 1 atom stereocenters. The predicted octanol–water partition coefficient (Wildman–Crippen LogP) is 1.85. The number of amides is 1. The third-order valence-corrected chi connectivity index (χ3v) is 1.83. The van der Waals surface area contributed by atoms with E-state index in [0.29, 0.717) is 25.4 Å². The van der Waals surface area contributed by atoms with E-state index in [1.807, 2.05) is 6.92 Å². The molecule has 0 spiro atoms. The monoisotopic (exact) mass is 184 g/mol. The molecular weight excluding hydrogens is 168 g/mol. The zero-order valence-electron chi connectivity index (χ0n) is 8.16. The van der Waals surface area contributed by atoms with E-state index in [-0.39, 0.29) is 5.91 Å². The maximum atomic E-state index is 11.1. The van der Waals surface area contributed by atoms with Gasteiger partial charge in [-0.1, -0.05) is 25.4 Å². The lowest BCUT2D eigenvalue weighted by Crippen LogP contribution is -2.27. The van der Waals surface area contributed by atoms with E-state index >= 15 is 0 Å². The molecule has 0 aliphatic carbocycles. The molecular formula is C8H16N4O. The van der Waals surface area contributed by atoms with E-state index < -0.39 is 0 Å². The summed E-state index contributed by atoms with van der Waals surface area (Å²) in [5, 5.41) is 5.99. The van der Waals surface area contributed by atoms with Crippen LogP contribution in [0.4, 0.5) is 0 Å². The molecule has 0 heterocycles. The Morgan fingerprint density at radius 2 is 2.38 bits per heavy atom. The van der Waals surface area contributed by atoms with Gasteiger partial charge in [0.25, 0.3) is 0 Å². The molecule has 0 saturated carbocycles. The van der Waals surface area contributed by atoms with Crippen molar-refractivity contribution < 1.29 is 4.79 Å². The van der Waals surface area contributed by atoms with Crippen molar-refractivity contribution in [2.45, 2.75) is 26.7 Å². The molecule has 1 unspecified atom stereocenters. The maximum absolute atomic E-state index is 11.1. The molecule has 0 fully saturated rings. The minimum absolute atomic E-state index is 0.0301. The van der Waals surface area contributed by atoms with Gasteiger partial charge < -0.3 is 5.32 Å². The molecule has 5 nitrogen and oxygen atoms in total. The molecule has 5 heteroatoms. The largest absolute Gasteiger partial charge is 0.356 e. The van der Waals surface area contributed by atoms with Gasteiger partial charge in [0.05, 0.1) is 0 Å². The van der Waals surface area contributed by atoms with E-state index in [1.54, 1.807) is 0 Å². The number of azide groups is 1. The van der Waals surface area contributed by atoms with E-state index in [1.165, 1.54) is 0 Å². The first-order valence-corrected chi connectivity index (χ1v) is 4.48. The lowest BCUT2D eigenvalue weighted by atomic mass is 10.1. The summed E-state index contributed by atoms with van der Waals surface area (Å²) in [5.74, 6) is 0.446. The zero-order valence-corrected chi connectivity index (χ0v) is 8.16. The maximum Gasteiger partial charge on any atom is 0.220 e. The van der Waals surface area contributed by atoms with E-state index in [4.69, 9.17) is 5.53 Å². The first kappa shape index (κ1) is 11.8. The van der Waals surface area contributed by atoms with Gasteiger partial charge in [-0.3, -0.25) is 4.79 Å². The average molecular weight is 184 g/mol. The number of rotatable bonds is 6. The summed E-state index contributed by atoms with van der Waals surface area (Å²) in [6.45, 7) is 4.84. The number of hydrogen-bond donors (Lipinski definition) is 1. The predicted molar refractivity (Wildman–Crippen MR) is 51.1 cm³/mol. The zero-order chi connectivity index (χ0) is 10.1. The second-order valence-corrected chi connectivity index (χ2v) is 3.02. The Hall–Kier alpha value is -1.22. The minimum atomic E-state index is 0.0301. The Labute approximate surface area is 78.1 Å². The van der Waals surface area contributed by atoms with Crippen molar-refractivity contribution in [2.75, 3.05) is 13.1 Å². The molecule has 13 heavy (non-hydrogen) atoms. The van der Waals surface area contributed by atoms with Crippen LogP contribution in [0.2, 0.25) is 0 Å². The van der Waals surface area contributed by atoms with Gasteiger partial charge in [-0.25, -0.2) is 0 Å². The Bertz CT molecular complexity index is 198. The standard InChI is InChI=1S/C8H16N4O/c1-3-7(2)6-8(13)10-4-5-11-12-9/h7H,3-6H2,1-2H3,(H,10,13). The Balaban J connectivity index is 3.45. The van der Waals surface area contributed by atoms with Crippen molar-refractivity contribution in [3.63, 3.8) is 0 Å². The summed E-state index contributed by atoms with van der Waals surface area (Å²) in [6, 6.07) is 0. The smallest absolute Gasteiger partial charge is 0.220 e. The van der Waals surface area contributed by atoms with Crippen molar-refractivity contribution in [3.05, 3.63) is 10.4 Å². The van der Waals surface area contributed by atoms with Crippen LogP contribution in [-0.2, 0) is 4.79 Å². The van der Waals surface area contributed by atoms with Gasteiger partial charge in [0.1, 0.15) is 0 Å². The third kappa shape index (κ3) is 7.15. The second kappa shape index (κ2) is 7.43. The summed E-state index contributed by atoms with van der Waals surface area (Å²) < 4.78 is 0. The van der Waals surface area contributed by atoms with E-state index in [2.05, 4.69) is 22.3 Å². The van der Waals surface area contributed by atoms with Gasteiger partial charge in [0.2, 0.25) is 5.91 Å². The van der Waals surface area contributed by atoms with Gasteiger partial charge in [-0.2, -0.15) is 0 Å². The first-order valence-electron chi connectivity index (χ1n) is 4.48. The third-order valence-electron chi connectivity index (χ3n) is 1.83. The number of nitrogens with zero attached hydrogens (tertiary/aromatic N) is 3. The van der Waals surface area contributed by atoms with Crippen LogP contribution in [-0.4, -0.2) is 19.0 Å². The Morgan fingerprint density at radius 3 is 2.92 bits per heavy atom. The highest BCUT2D eigenvalue weighted by Crippen LogP contribution is 2.04. The lowest BCUT2D eigenvalue weighted by Gasteiger charge is -2.07. The molecule has 0 aromatic carbocycles. The molecule has 74 valence electrons. The van der Waals surface area contributed by atoms with Crippen LogP contribution >= 0.6 is 0 Å². The van der Waals surface area contributed by atoms with Crippen molar-refractivity contribution in [1.82, 2.24) is 5.32 Å². The van der Waals surface area contributed by atoms with Crippen LogP contribution in [0.5, 0.6) is 0 Å². The first-order chi connectivity index (χ1) is 6.20. The van der Waals surface area contributed by atoms with Crippen LogP contribution in [0.1, 0.15) is 26.7 Å². The fraction of sp³-hybridized carbons (Fsp3) is 0.875. The average Bonchev–Trinajstić information content (AvgIpc) is 2.12. The molecule has 0 aliphatic heterocycles. The van der Waals surface area contributed by atoms with Crippen LogP contribution in [0.25, 0.3) is 10.4 Å². The molecule has 1 amide bonds. The van der Waals surface area contributed by atoms with Gasteiger partial charge in [0.15, 0.2) is 0 Å². The highest BCUT2D eigenvalue weighted by molar-refractivity contribution is 5.76. The molecule has 0 aromatic rings. The summed E-state index contributed by atoms with van der Waals surface area (Å²) >= 11 is 0. The van der Waals surface area contributed by atoms with Crippen LogP contribution < -0.4 is 5.32 Å². The van der Waals surface area contributed by atoms with Gasteiger partial charge in [-0.05, 0) is 11.4 Å². The van der Waals surface area contributed by atoms with Gasteiger partial charge in [-0.15, -0.1) is 0 Å². The fourth-order valence-electron chi connectivity index (χ4n) is 0.823. The summed E-state index contributed by atoms with van der Waals surface area (Å²) in [5.41, 5.74) is 7.96. The topological polar surface area (TPSA) is 77.9 Å². The Kier molecular flexibility index (Phi) is 6.73. The number of nitrogens with one attached hydrogen (secondary N) is 1. The molecule has 0 radical (unpaired) electrons. The summed E-state index contributed by atoms with van der Waals surface area (Å²) in [6.07, 6.45) is 1.55. The molecule has 0 rings (SSSR count). The lowest BCUT2D eigenvalue weighted by molar-refractivity contribution is -0.121.